The van der Waals surface area contributed by atoms with Crippen molar-refractivity contribution < 1.29 is 4.74 Å². The van der Waals surface area contributed by atoms with Crippen LogP contribution in [0.5, 0.6) is 10.1 Å². The highest BCUT2D eigenvalue weighted by Gasteiger charge is 2.17. The molecule has 0 saturated heterocycles. The summed E-state index contributed by atoms with van der Waals surface area (Å²) in [5.41, 5.74) is 0. The Morgan fingerprint density at radius 1 is 0.789 bits per heavy atom. The molecule has 1 nitrogen and oxygen atoms in total. The third-order valence-electron chi connectivity index (χ3n) is 2.61. The number of hydrogen-bond acceptors (Lipinski definition) is 5. The minimum Gasteiger partial charge on any atom is -0.433 e. The van der Waals surface area contributed by atoms with Crippen LogP contribution in [0.15, 0.2) is 31.8 Å². The molecule has 4 aromatic heterocycles. The number of hydrogen-bond donors (Lipinski definition) is 0. The van der Waals surface area contributed by atoms with Crippen molar-refractivity contribution in [1.82, 2.24) is 0 Å². The summed E-state index contributed by atoms with van der Waals surface area (Å²) in [7, 11) is 0. The van der Waals surface area contributed by atoms with Gasteiger partial charge in [-0.3, -0.25) is 0 Å². The third-order valence-corrected chi connectivity index (χ3v) is 9.36. The van der Waals surface area contributed by atoms with Crippen molar-refractivity contribution in [3.8, 4) is 10.1 Å². The van der Waals surface area contributed by atoms with Crippen LogP contribution in [-0.2, 0) is 0 Å². The van der Waals surface area contributed by atoms with E-state index in [-0.39, 0.29) is 0 Å². The maximum atomic E-state index is 6.08. The molecule has 0 saturated carbocycles. The average Bonchev–Trinajstić information content (AvgIpc) is 3.10. The van der Waals surface area contributed by atoms with Gasteiger partial charge >= 0.3 is 0 Å². The first-order valence-corrected chi connectivity index (χ1v) is 10.2. The standard InChI is InChI=1S/C12H4Br2OS4/c13-7-9-5(1-3-16-9)18-11(7)15-12-8(14)10-6(19-12)2-4-17-10/h1-4H. The van der Waals surface area contributed by atoms with Gasteiger partial charge in [0, 0.05) is 0 Å². The van der Waals surface area contributed by atoms with Crippen LogP contribution in [0.1, 0.15) is 0 Å². The second-order valence-corrected chi connectivity index (χ2v) is 9.18. The molecular weight excluding hydrogens is 448 g/mol. The van der Waals surface area contributed by atoms with Crippen molar-refractivity contribution in [1.29, 1.82) is 0 Å². The van der Waals surface area contributed by atoms with Gasteiger partial charge in [0.2, 0.25) is 0 Å². The predicted octanol–water partition coefficient (Wildman–Crippen LogP) is 7.56. The van der Waals surface area contributed by atoms with E-state index in [1.807, 2.05) is 0 Å². The van der Waals surface area contributed by atoms with Crippen molar-refractivity contribution in [2.45, 2.75) is 0 Å². The Labute approximate surface area is 141 Å². The highest BCUT2D eigenvalue weighted by Crippen LogP contribution is 2.50. The van der Waals surface area contributed by atoms with Gasteiger partial charge < -0.3 is 4.74 Å². The van der Waals surface area contributed by atoms with Gasteiger partial charge in [0.05, 0.1) is 27.7 Å². The lowest BCUT2D eigenvalue weighted by molar-refractivity contribution is 0.506. The Balaban J connectivity index is 1.81. The number of rotatable bonds is 2. The Hall–Kier alpha value is 0.0800. The fraction of sp³-hybridized carbons (Fsp3) is 0. The minimum atomic E-state index is 0.927. The van der Waals surface area contributed by atoms with Gasteiger partial charge in [-0.2, -0.15) is 0 Å². The van der Waals surface area contributed by atoms with Crippen LogP contribution in [0.2, 0.25) is 0 Å². The number of ether oxygens (including phenoxy) is 1. The Bertz CT molecular complexity index is 809. The van der Waals surface area contributed by atoms with E-state index in [0.29, 0.717) is 0 Å². The van der Waals surface area contributed by atoms with Crippen LogP contribution in [-0.4, -0.2) is 0 Å². The molecule has 7 heteroatoms. The van der Waals surface area contributed by atoms with E-state index in [0.717, 1.165) is 19.1 Å². The summed E-state index contributed by atoms with van der Waals surface area (Å²) in [6.45, 7) is 0. The molecule has 0 atom stereocenters. The van der Waals surface area contributed by atoms with E-state index in [4.69, 9.17) is 4.74 Å². The molecule has 4 heterocycles. The largest absolute Gasteiger partial charge is 0.433 e. The van der Waals surface area contributed by atoms with Crippen LogP contribution in [0.4, 0.5) is 0 Å². The molecule has 0 aliphatic rings. The summed E-state index contributed by atoms with van der Waals surface area (Å²) in [5, 5.41) is 6.06. The lowest BCUT2D eigenvalue weighted by Crippen LogP contribution is -1.77. The van der Waals surface area contributed by atoms with E-state index in [2.05, 4.69) is 54.8 Å². The normalized spacial score (nSPS) is 11.7. The molecule has 4 aromatic rings. The molecule has 0 fully saturated rings. The van der Waals surface area contributed by atoms with Gasteiger partial charge in [-0.25, -0.2) is 0 Å². The first kappa shape index (κ1) is 12.8. The van der Waals surface area contributed by atoms with Crippen LogP contribution in [0.3, 0.4) is 0 Å². The molecule has 0 aromatic carbocycles. The second-order valence-electron chi connectivity index (χ2n) is 3.74. The monoisotopic (exact) mass is 450 g/mol. The first-order valence-electron chi connectivity index (χ1n) is 5.23. The lowest BCUT2D eigenvalue weighted by atomic mass is 10.5. The fourth-order valence-corrected chi connectivity index (χ4v) is 7.69. The molecule has 4 rings (SSSR count). The van der Waals surface area contributed by atoms with Crippen LogP contribution in [0.25, 0.3) is 18.8 Å². The van der Waals surface area contributed by atoms with E-state index in [1.54, 1.807) is 45.3 Å². The Morgan fingerprint density at radius 2 is 1.26 bits per heavy atom. The maximum absolute atomic E-state index is 6.08. The molecule has 0 radical (unpaired) electrons. The van der Waals surface area contributed by atoms with Crippen molar-refractivity contribution >= 4 is 96.0 Å². The van der Waals surface area contributed by atoms with Gasteiger partial charge in [-0.15, -0.1) is 22.7 Å². The van der Waals surface area contributed by atoms with Crippen LogP contribution >= 0.6 is 77.2 Å². The van der Waals surface area contributed by atoms with Crippen molar-refractivity contribution in [3.05, 3.63) is 31.8 Å². The molecule has 0 N–H and O–H groups in total. The highest BCUT2D eigenvalue weighted by atomic mass is 79.9. The number of thiophene rings is 4. The fourth-order valence-electron chi connectivity index (χ4n) is 1.77. The molecule has 0 spiro atoms. The first-order chi connectivity index (χ1) is 9.24. The number of halogens is 2. The zero-order valence-electron chi connectivity index (χ0n) is 9.11. The predicted molar refractivity (Wildman–Crippen MR) is 94.9 cm³/mol. The molecule has 19 heavy (non-hydrogen) atoms. The summed E-state index contributed by atoms with van der Waals surface area (Å²) in [6.07, 6.45) is 0. The van der Waals surface area contributed by atoms with E-state index in [1.165, 1.54) is 18.8 Å². The zero-order valence-corrected chi connectivity index (χ0v) is 15.5. The van der Waals surface area contributed by atoms with Crippen molar-refractivity contribution in [2.75, 3.05) is 0 Å². The summed E-state index contributed by atoms with van der Waals surface area (Å²) in [4.78, 5) is 0. The zero-order chi connectivity index (χ0) is 13.0. The maximum Gasteiger partial charge on any atom is 0.198 e. The molecule has 0 bridgehead atoms. The quantitative estimate of drug-likeness (QED) is 0.305. The van der Waals surface area contributed by atoms with Gasteiger partial charge in [-0.05, 0) is 54.8 Å². The lowest BCUT2D eigenvalue weighted by Gasteiger charge is -2.00. The molecule has 0 aliphatic carbocycles. The Morgan fingerprint density at radius 3 is 1.68 bits per heavy atom. The van der Waals surface area contributed by atoms with Crippen molar-refractivity contribution in [2.24, 2.45) is 0 Å². The van der Waals surface area contributed by atoms with Crippen LogP contribution in [0, 0.1) is 0 Å². The van der Waals surface area contributed by atoms with Gasteiger partial charge in [0.25, 0.3) is 0 Å². The topological polar surface area (TPSA) is 9.23 Å². The summed E-state index contributed by atoms with van der Waals surface area (Å²) >= 11 is 14.1. The van der Waals surface area contributed by atoms with Crippen molar-refractivity contribution in [3.63, 3.8) is 0 Å². The number of fused-ring (bicyclic) bond motifs is 2. The van der Waals surface area contributed by atoms with E-state index < -0.39 is 0 Å². The minimum absolute atomic E-state index is 0.927. The summed E-state index contributed by atoms with van der Waals surface area (Å²) in [6, 6.07) is 4.26. The molecule has 0 amide bonds. The average molecular weight is 452 g/mol. The van der Waals surface area contributed by atoms with Crippen LogP contribution < -0.4 is 4.74 Å². The molecular formula is C12H4Br2OS4. The molecule has 0 unspecified atom stereocenters. The highest BCUT2D eigenvalue weighted by molar-refractivity contribution is 9.11. The Kier molecular flexibility index (Phi) is 3.25. The smallest absolute Gasteiger partial charge is 0.198 e. The summed E-state index contributed by atoms with van der Waals surface area (Å²) < 4.78 is 13.3. The molecule has 0 aliphatic heterocycles. The van der Waals surface area contributed by atoms with E-state index in [9.17, 15) is 0 Å². The van der Waals surface area contributed by atoms with Gasteiger partial charge in [-0.1, -0.05) is 22.7 Å². The van der Waals surface area contributed by atoms with Gasteiger partial charge in [0.15, 0.2) is 10.1 Å². The molecule has 96 valence electrons. The summed E-state index contributed by atoms with van der Waals surface area (Å²) in [5.74, 6) is 0. The third kappa shape index (κ3) is 2.02. The van der Waals surface area contributed by atoms with E-state index >= 15 is 0 Å². The SMILES string of the molecule is Brc1c(Oc2sc3ccsc3c2Br)sc2ccsc12. The second kappa shape index (κ2) is 4.82. The van der Waals surface area contributed by atoms with Gasteiger partial charge in [0.1, 0.15) is 0 Å².